The van der Waals surface area contributed by atoms with Crippen molar-refractivity contribution in [2.75, 3.05) is 13.2 Å². The Morgan fingerprint density at radius 2 is 2.16 bits per heavy atom. The first-order valence-corrected chi connectivity index (χ1v) is 6.91. The molecule has 1 aromatic rings. The molecule has 2 rings (SSSR count). The van der Waals surface area contributed by atoms with E-state index < -0.39 is 5.97 Å². The second-order valence-corrected chi connectivity index (χ2v) is 5.35. The van der Waals surface area contributed by atoms with Crippen molar-refractivity contribution in [3.05, 3.63) is 22.2 Å². The molecule has 1 aromatic carbocycles. The van der Waals surface area contributed by atoms with Crippen LogP contribution in [0.2, 0.25) is 0 Å². The lowest BCUT2D eigenvalue weighted by Crippen LogP contribution is -2.24. The SMILES string of the molecule is NC(CCC(=O)O)Cc1cc(Br)c2c(c1)OCCO2. The highest BCUT2D eigenvalue weighted by atomic mass is 79.9. The van der Waals surface area contributed by atoms with E-state index in [1.165, 1.54) is 0 Å². The molecule has 1 unspecified atom stereocenters. The predicted octanol–water partition coefficient (Wildman–Crippen LogP) is 1.95. The number of rotatable bonds is 5. The molecule has 5 nitrogen and oxygen atoms in total. The number of hydrogen-bond acceptors (Lipinski definition) is 4. The van der Waals surface area contributed by atoms with Gasteiger partial charge in [-0.05, 0) is 46.5 Å². The minimum atomic E-state index is -0.821. The number of hydrogen-bond donors (Lipinski definition) is 2. The zero-order chi connectivity index (χ0) is 13.8. The number of carbonyl (C=O) groups is 1. The van der Waals surface area contributed by atoms with Crippen molar-refractivity contribution in [1.29, 1.82) is 0 Å². The van der Waals surface area contributed by atoms with Crippen LogP contribution in [0.3, 0.4) is 0 Å². The van der Waals surface area contributed by atoms with Crippen molar-refractivity contribution in [2.45, 2.75) is 25.3 Å². The summed E-state index contributed by atoms with van der Waals surface area (Å²) in [6.07, 6.45) is 1.16. The Balaban J connectivity index is 2.04. The maximum Gasteiger partial charge on any atom is 0.303 e. The summed E-state index contributed by atoms with van der Waals surface area (Å²) in [6.45, 7) is 1.08. The van der Waals surface area contributed by atoms with E-state index in [2.05, 4.69) is 15.9 Å². The standard InChI is InChI=1S/C13H16BrNO4/c14-10-6-8(5-9(15)1-2-12(16)17)7-11-13(10)19-4-3-18-11/h6-7,9H,1-5,15H2,(H,16,17). The third kappa shape index (κ3) is 3.84. The molecule has 6 heteroatoms. The van der Waals surface area contributed by atoms with Crippen molar-refractivity contribution < 1.29 is 19.4 Å². The average Bonchev–Trinajstić information content (AvgIpc) is 2.36. The van der Waals surface area contributed by atoms with Gasteiger partial charge in [-0.1, -0.05) is 0 Å². The molecule has 0 fully saturated rings. The first-order valence-electron chi connectivity index (χ1n) is 6.11. The predicted molar refractivity (Wildman–Crippen MR) is 73.7 cm³/mol. The molecule has 0 bridgehead atoms. The van der Waals surface area contributed by atoms with Gasteiger partial charge < -0.3 is 20.3 Å². The Labute approximate surface area is 119 Å². The van der Waals surface area contributed by atoms with Gasteiger partial charge >= 0.3 is 5.97 Å². The summed E-state index contributed by atoms with van der Waals surface area (Å²) in [6, 6.07) is 3.67. The molecule has 1 aliphatic heterocycles. The molecule has 0 saturated heterocycles. The molecule has 1 heterocycles. The monoisotopic (exact) mass is 329 g/mol. The highest BCUT2D eigenvalue weighted by Crippen LogP contribution is 2.38. The van der Waals surface area contributed by atoms with Gasteiger partial charge in [0, 0.05) is 12.5 Å². The first kappa shape index (κ1) is 14.1. The van der Waals surface area contributed by atoms with Crippen molar-refractivity contribution in [3.63, 3.8) is 0 Å². The molecule has 0 spiro atoms. The summed E-state index contributed by atoms with van der Waals surface area (Å²) in [5.41, 5.74) is 6.94. The molecule has 104 valence electrons. The fourth-order valence-electron chi connectivity index (χ4n) is 2.00. The number of ether oxygens (including phenoxy) is 2. The Morgan fingerprint density at radius 3 is 2.89 bits per heavy atom. The number of aliphatic carboxylic acids is 1. The minimum Gasteiger partial charge on any atom is -0.486 e. The molecule has 1 atom stereocenters. The third-order valence-electron chi connectivity index (χ3n) is 2.88. The quantitative estimate of drug-likeness (QED) is 0.862. The van der Waals surface area contributed by atoms with Gasteiger partial charge in [0.1, 0.15) is 13.2 Å². The number of halogens is 1. The smallest absolute Gasteiger partial charge is 0.303 e. The number of carboxylic acid groups (broad SMARTS) is 1. The second-order valence-electron chi connectivity index (χ2n) is 4.50. The zero-order valence-corrected chi connectivity index (χ0v) is 12.0. The molecular formula is C13H16BrNO4. The van der Waals surface area contributed by atoms with E-state index in [1.807, 2.05) is 12.1 Å². The Morgan fingerprint density at radius 1 is 1.42 bits per heavy atom. The van der Waals surface area contributed by atoms with Gasteiger partial charge in [-0.25, -0.2) is 0 Å². The van der Waals surface area contributed by atoms with E-state index in [9.17, 15) is 4.79 Å². The highest BCUT2D eigenvalue weighted by molar-refractivity contribution is 9.10. The molecule has 0 aliphatic carbocycles. The minimum absolute atomic E-state index is 0.0902. The van der Waals surface area contributed by atoms with E-state index in [4.69, 9.17) is 20.3 Å². The van der Waals surface area contributed by atoms with Gasteiger partial charge in [0.2, 0.25) is 0 Å². The Bertz CT molecular complexity index is 478. The third-order valence-corrected chi connectivity index (χ3v) is 3.47. The Hall–Kier alpha value is -1.27. The lowest BCUT2D eigenvalue weighted by molar-refractivity contribution is -0.137. The van der Waals surface area contributed by atoms with Gasteiger partial charge in [0.05, 0.1) is 4.47 Å². The number of fused-ring (bicyclic) bond motifs is 1. The highest BCUT2D eigenvalue weighted by Gasteiger charge is 2.17. The summed E-state index contributed by atoms with van der Waals surface area (Å²) in [5, 5.41) is 8.63. The zero-order valence-electron chi connectivity index (χ0n) is 10.4. The van der Waals surface area contributed by atoms with Crippen LogP contribution in [0.5, 0.6) is 11.5 Å². The van der Waals surface area contributed by atoms with Crippen molar-refractivity contribution >= 4 is 21.9 Å². The normalized spacial score (nSPS) is 15.1. The van der Waals surface area contributed by atoms with E-state index in [-0.39, 0.29) is 12.5 Å². The van der Waals surface area contributed by atoms with Crippen molar-refractivity contribution in [2.24, 2.45) is 5.73 Å². The molecular weight excluding hydrogens is 314 g/mol. The molecule has 0 radical (unpaired) electrons. The fourth-order valence-corrected chi connectivity index (χ4v) is 2.60. The van der Waals surface area contributed by atoms with Crippen LogP contribution in [0.4, 0.5) is 0 Å². The van der Waals surface area contributed by atoms with Crippen LogP contribution >= 0.6 is 15.9 Å². The summed E-state index contributed by atoms with van der Waals surface area (Å²) in [7, 11) is 0. The largest absolute Gasteiger partial charge is 0.486 e. The molecule has 1 aliphatic rings. The maximum absolute atomic E-state index is 10.5. The van der Waals surface area contributed by atoms with Gasteiger partial charge in [0.25, 0.3) is 0 Å². The summed E-state index contributed by atoms with van der Waals surface area (Å²) < 4.78 is 11.9. The Kier molecular flexibility index (Phi) is 4.66. The first-order chi connectivity index (χ1) is 9.06. The number of carboxylic acids is 1. The van der Waals surface area contributed by atoms with Gasteiger partial charge in [-0.3, -0.25) is 4.79 Å². The second kappa shape index (κ2) is 6.25. The average molecular weight is 330 g/mol. The van der Waals surface area contributed by atoms with Crippen LogP contribution in [0, 0.1) is 0 Å². The van der Waals surface area contributed by atoms with E-state index in [1.54, 1.807) is 0 Å². The van der Waals surface area contributed by atoms with Crippen LogP contribution in [0.15, 0.2) is 16.6 Å². The van der Waals surface area contributed by atoms with Crippen LogP contribution in [0.1, 0.15) is 18.4 Å². The topological polar surface area (TPSA) is 81.8 Å². The van der Waals surface area contributed by atoms with Crippen LogP contribution < -0.4 is 15.2 Å². The van der Waals surface area contributed by atoms with Crippen LogP contribution in [-0.4, -0.2) is 30.3 Å². The van der Waals surface area contributed by atoms with Gasteiger partial charge in [-0.15, -0.1) is 0 Å². The maximum atomic E-state index is 10.5. The summed E-state index contributed by atoms with van der Waals surface area (Å²) in [4.78, 5) is 10.5. The number of nitrogens with two attached hydrogens (primary N) is 1. The van der Waals surface area contributed by atoms with Gasteiger partial charge in [-0.2, -0.15) is 0 Å². The van der Waals surface area contributed by atoms with E-state index in [0.717, 1.165) is 10.0 Å². The molecule has 0 amide bonds. The molecule has 19 heavy (non-hydrogen) atoms. The van der Waals surface area contributed by atoms with Crippen molar-refractivity contribution in [1.82, 2.24) is 0 Å². The van der Waals surface area contributed by atoms with Gasteiger partial charge in [0.15, 0.2) is 11.5 Å². The summed E-state index contributed by atoms with van der Waals surface area (Å²) >= 11 is 3.45. The number of benzene rings is 1. The molecule has 0 aromatic heterocycles. The fraction of sp³-hybridized carbons (Fsp3) is 0.462. The van der Waals surface area contributed by atoms with Crippen LogP contribution in [0.25, 0.3) is 0 Å². The molecule has 0 saturated carbocycles. The summed E-state index contributed by atoms with van der Waals surface area (Å²) in [5.74, 6) is 0.606. The van der Waals surface area contributed by atoms with E-state index in [0.29, 0.717) is 37.6 Å². The van der Waals surface area contributed by atoms with Crippen molar-refractivity contribution in [3.8, 4) is 11.5 Å². The van der Waals surface area contributed by atoms with Crippen LogP contribution in [-0.2, 0) is 11.2 Å². The lowest BCUT2D eigenvalue weighted by Gasteiger charge is -2.21. The molecule has 3 N–H and O–H groups in total. The lowest BCUT2D eigenvalue weighted by atomic mass is 10.0. The van der Waals surface area contributed by atoms with E-state index >= 15 is 0 Å².